The number of nitrogens with zero attached hydrogens (tertiary/aromatic N) is 1. The molecule has 1 aromatic rings. The molecule has 0 amide bonds. The van der Waals surface area contributed by atoms with Crippen LogP contribution in [0.2, 0.25) is 0 Å². The third-order valence-electron chi connectivity index (χ3n) is 3.14. The molecule has 0 fully saturated rings. The molecule has 1 unspecified atom stereocenters. The van der Waals surface area contributed by atoms with E-state index in [4.69, 9.17) is 5.73 Å². The van der Waals surface area contributed by atoms with E-state index in [1.165, 1.54) is 11.1 Å². The summed E-state index contributed by atoms with van der Waals surface area (Å²) in [5.41, 5.74) is 8.76. The lowest BCUT2D eigenvalue weighted by Gasteiger charge is -2.28. The van der Waals surface area contributed by atoms with Crippen LogP contribution >= 0.6 is 0 Å². The van der Waals surface area contributed by atoms with Gasteiger partial charge in [0.15, 0.2) is 0 Å². The first-order chi connectivity index (χ1) is 8.24. The maximum atomic E-state index is 5.86. The Kier molecular flexibility index (Phi) is 4.35. The molecule has 92 valence electrons. The van der Waals surface area contributed by atoms with Gasteiger partial charge in [-0.1, -0.05) is 42.0 Å². The first kappa shape index (κ1) is 12.3. The van der Waals surface area contributed by atoms with Crippen molar-refractivity contribution in [2.45, 2.75) is 32.4 Å². The highest BCUT2D eigenvalue weighted by molar-refractivity contribution is 5.16. The molecule has 0 bridgehead atoms. The van der Waals surface area contributed by atoms with E-state index in [0.717, 1.165) is 32.5 Å². The third-order valence-corrected chi connectivity index (χ3v) is 3.14. The zero-order valence-electron chi connectivity index (χ0n) is 10.6. The van der Waals surface area contributed by atoms with Gasteiger partial charge in [-0.2, -0.15) is 0 Å². The van der Waals surface area contributed by atoms with Crippen molar-refractivity contribution >= 4 is 0 Å². The first-order valence-corrected chi connectivity index (χ1v) is 6.44. The van der Waals surface area contributed by atoms with Crippen LogP contribution in [0.4, 0.5) is 0 Å². The second-order valence-corrected chi connectivity index (χ2v) is 5.03. The Bertz CT molecular complexity index is 368. The summed E-state index contributed by atoms with van der Waals surface area (Å²) in [4.78, 5) is 2.51. The largest absolute Gasteiger partial charge is 0.328 e. The molecule has 0 saturated heterocycles. The minimum atomic E-state index is 0.276. The fourth-order valence-corrected chi connectivity index (χ4v) is 2.42. The summed E-state index contributed by atoms with van der Waals surface area (Å²) < 4.78 is 0. The van der Waals surface area contributed by atoms with E-state index in [2.05, 4.69) is 48.2 Å². The van der Waals surface area contributed by atoms with Gasteiger partial charge in [0.05, 0.1) is 0 Å². The number of rotatable bonds is 4. The van der Waals surface area contributed by atoms with Crippen LogP contribution < -0.4 is 5.73 Å². The van der Waals surface area contributed by atoms with Gasteiger partial charge < -0.3 is 5.73 Å². The summed E-state index contributed by atoms with van der Waals surface area (Å²) in [6.45, 7) is 5.38. The van der Waals surface area contributed by atoms with Crippen molar-refractivity contribution in [2.24, 2.45) is 5.73 Å². The molecule has 1 aromatic carbocycles. The zero-order chi connectivity index (χ0) is 12.1. The quantitative estimate of drug-likeness (QED) is 0.805. The lowest BCUT2D eigenvalue weighted by Crippen LogP contribution is -2.31. The normalized spacial score (nSPS) is 18.8. The average molecular weight is 230 g/mol. The van der Waals surface area contributed by atoms with E-state index in [0.29, 0.717) is 0 Å². The van der Waals surface area contributed by atoms with Crippen molar-refractivity contribution in [1.82, 2.24) is 4.90 Å². The molecule has 2 rings (SSSR count). The van der Waals surface area contributed by atoms with Gasteiger partial charge in [0.25, 0.3) is 0 Å². The molecule has 0 aromatic heterocycles. The van der Waals surface area contributed by atoms with E-state index in [1.54, 1.807) is 0 Å². The number of hydrogen-bond acceptors (Lipinski definition) is 2. The van der Waals surface area contributed by atoms with Gasteiger partial charge >= 0.3 is 0 Å². The van der Waals surface area contributed by atoms with Crippen LogP contribution in [0.5, 0.6) is 0 Å². The lowest BCUT2D eigenvalue weighted by atomic mass is 10.0. The predicted molar refractivity (Wildman–Crippen MR) is 72.7 cm³/mol. The minimum Gasteiger partial charge on any atom is -0.328 e. The molecule has 0 spiro atoms. The topological polar surface area (TPSA) is 29.3 Å². The van der Waals surface area contributed by atoms with Gasteiger partial charge in [0.1, 0.15) is 0 Å². The molecular weight excluding hydrogens is 208 g/mol. The molecule has 2 nitrogen and oxygen atoms in total. The smallest absolute Gasteiger partial charge is 0.0237 e. The number of hydrogen-bond donors (Lipinski definition) is 1. The summed E-state index contributed by atoms with van der Waals surface area (Å²) in [5, 5.41) is 0. The van der Waals surface area contributed by atoms with Gasteiger partial charge in [0, 0.05) is 25.7 Å². The molecule has 0 aliphatic carbocycles. The van der Waals surface area contributed by atoms with Crippen molar-refractivity contribution in [2.75, 3.05) is 13.1 Å². The van der Waals surface area contributed by atoms with E-state index < -0.39 is 0 Å². The average Bonchev–Trinajstić information content (AvgIpc) is 2.30. The predicted octanol–water partition coefficient (Wildman–Crippen LogP) is 2.56. The Labute approximate surface area is 104 Å². The molecule has 17 heavy (non-hydrogen) atoms. The van der Waals surface area contributed by atoms with Gasteiger partial charge in [-0.25, -0.2) is 0 Å². The van der Waals surface area contributed by atoms with E-state index >= 15 is 0 Å². The molecule has 0 radical (unpaired) electrons. The van der Waals surface area contributed by atoms with Crippen LogP contribution in [0, 0.1) is 0 Å². The Hall–Kier alpha value is -1.12. The Morgan fingerprint density at radius 3 is 2.76 bits per heavy atom. The van der Waals surface area contributed by atoms with E-state index in [-0.39, 0.29) is 6.04 Å². The molecule has 1 heterocycles. The fraction of sp³-hybridized carbons (Fsp3) is 0.467. The van der Waals surface area contributed by atoms with Crippen molar-refractivity contribution in [3.05, 3.63) is 47.5 Å². The van der Waals surface area contributed by atoms with Crippen molar-refractivity contribution in [1.29, 1.82) is 0 Å². The Morgan fingerprint density at radius 1 is 1.29 bits per heavy atom. The van der Waals surface area contributed by atoms with Gasteiger partial charge in [0.2, 0.25) is 0 Å². The monoisotopic (exact) mass is 230 g/mol. The summed E-state index contributed by atoms with van der Waals surface area (Å²) in [7, 11) is 0. The molecule has 2 heteroatoms. The van der Waals surface area contributed by atoms with E-state index in [1.807, 2.05) is 0 Å². The molecule has 2 N–H and O–H groups in total. The summed E-state index contributed by atoms with van der Waals surface area (Å²) in [6.07, 6.45) is 4.56. The number of benzene rings is 1. The van der Waals surface area contributed by atoms with Crippen molar-refractivity contribution in [3.63, 3.8) is 0 Å². The first-order valence-electron chi connectivity index (χ1n) is 6.44. The molecule has 1 aliphatic rings. The lowest BCUT2D eigenvalue weighted by molar-refractivity contribution is 0.278. The van der Waals surface area contributed by atoms with Crippen molar-refractivity contribution in [3.8, 4) is 0 Å². The van der Waals surface area contributed by atoms with Crippen LogP contribution in [-0.2, 0) is 6.54 Å². The zero-order valence-corrected chi connectivity index (χ0v) is 10.6. The van der Waals surface area contributed by atoms with Crippen molar-refractivity contribution < 1.29 is 0 Å². The highest BCUT2D eigenvalue weighted by Crippen LogP contribution is 2.16. The van der Waals surface area contributed by atoms with Gasteiger partial charge in [-0.3, -0.25) is 4.90 Å². The minimum absolute atomic E-state index is 0.276. The Balaban J connectivity index is 1.90. The highest BCUT2D eigenvalue weighted by Gasteiger charge is 2.13. The SMILES string of the molecule is CC(N)CC1=CCCN(Cc2ccccc2)C1. The van der Waals surface area contributed by atoms with Gasteiger partial charge in [-0.15, -0.1) is 0 Å². The van der Waals surface area contributed by atoms with Crippen LogP contribution in [-0.4, -0.2) is 24.0 Å². The summed E-state index contributed by atoms with van der Waals surface area (Å²) in [5.74, 6) is 0. The number of nitrogens with two attached hydrogens (primary N) is 1. The summed E-state index contributed by atoms with van der Waals surface area (Å²) in [6, 6.07) is 11.0. The molecule has 1 atom stereocenters. The maximum absolute atomic E-state index is 5.86. The van der Waals surface area contributed by atoms with Crippen LogP contribution in [0.15, 0.2) is 42.0 Å². The highest BCUT2D eigenvalue weighted by atomic mass is 15.1. The van der Waals surface area contributed by atoms with Gasteiger partial charge in [-0.05, 0) is 25.3 Å². The molecule has 0 saturated carbocycles. The standard InChI is InChI=1S/C15H22N2/c1-13(16)10-15-8-5-9-17(12-15)11-14-6-3-2-4-7-14/h2-4,6-8,13H,5,9-12,16H2,1H3. The van der Waals surface area contributed by atoms with Crippen LogP contribution in [0.3, 0.4) is 0 Å². The van der Waals surface area contributed by atoms with E-state index in [9.17, 15) is 0 Å². The third kappa shape index (κ3) is 3.99. The fourth-order valence-electron chi connectivity index (χ4n) is 2.42. The van der Waals surface area contributed by atoms with Crippen LogP contribution in [0.1, 0.15) is 25.3 Å². The van der Waals surface area contributed by atoms with Crippen LogP contribution in [0.25, 0.3) is 0 Å². The molecule has 1 aliphatic heterocycles. The second-order valence-electron chi connectivity index (χ2n) is 5.03. The molecular formula is C15H22N2. The maximum Gasteiger partial charge on any atom is 0.0237 e. The summed E-state index contributed by atoms with van der Waals surface area (Å²) >= 11 is 0. The second kappa shape index (κ2) is 5.99. The Morgan fingerprint density at radius 2 is 2.06 bits per heavy atom.